The van der Waals surface area contributed by atoms with Gasteiger partial charge < -0.3 is 76.9 Å². The standard InChI is InChI=1S/2C25H31NO7.2C20H22ClNO5/c1-14(26-23(29)33-24(3,4)5)22(28)31-20-17-11-9-8-10-16(17)19-18(21(20)30-15(2)27)12-13-25(6,7)32-19;1-14(26-23(29)33-24(3,4)5)22(28)31-21-18-12-13-25(6,7)32-19(18)16-10-8-9-11-17(16)20(21)30-15(2)27;1-11(22-21)19(24)26-17-14-8-6-5-7-13(14)16-15(18(17)25-12(2)23)9-10-20(3,4)27-16;1-11(22-21)19(24)26-18-15-9-10-20(3,4)27-16(15)13-7-5-6-8-14(13)17(18)25-12(2)23/h2*8-11,14H,12-13H2,1-7H3,(H,26,29);2*5-8,11,22H,9-10H2,1-4H3/t2*14-;2*11-/m0000/s1. The maximum absolute atomic E-state index is 12.9. The molecule has 4 atom stereocenters. The van der Waals surface area contributed by atoms with E-state index >= 15 is 0 Å². The summed E-state index contributed by atoms with van der Waals surface area (Å²) in [7, 11) is 0. The minimum absolute atomic E-state index is 0.116. The lowest BCUT2D eigenvalue weighted by molar-refractivity contribution is -0.137. The molecule has 0 spiro atoms. The van der Waals surface area contributed by atoms with Gasteiger partial charge in [-0.05, 0) is 200 Å². The van der Waals surface area contributed by atoms with Crippen LogP contribution in [0.3, 0.4) is 0 Å². The molecule has 12 rings (SSSR count). The first-order valence-electron chi connectivity index (χ1n) is 39.4. The van der Waals surface area contributed by atoms with Gasteiger partial charge in [0.15, 0.2) is 46.0 Å². The van der Waals surface area contributed by atoms with Gasteiger partial charge in [0, 0.05) is 93.0 Å². The van der Waals surface area contributed by atoms with Crippen molar-refractivity contribution in [3.05, 3.63) is 119 Å². The number of esters is 8. The summed E-state index contributed by atoms with van der Waals surface area (Å²) >= 11 is 11.1. The number of hydrogen-bond donors (Lipinski definition) is 4. The van der Waals surface area contributed by atoms with E-state index in [1.807, 2.05) is 116 Å². The molecule has 0 aliphatic carbocycles. The molecule has 0 saturated heterocycles. The zero-order valence-corrected chi connectivity index (χ0v) is 73.3. The summed E-state index contributed by atoms with van der Waals surface area (Å²) in [5.74, 6) is -0.818. The van der Waals surface area contributed by atoms with E-state index < -0.39 is 107 Å². The number of alkyl carbamates (subject to hydrolysis) is 2. The lowest BCUT2D eigenvalue weighted by Crippen LogP contribution is -2.43. The molecule has 8 aromatic carbocycles. The topological polar surface area (TPSA) is 348 Å². The molecule has 0 fully saturated rings. The first-order chi connectivity index (χ1) is 56.0. The number of carbonyl (C=O) groups is 10. The van der Waals surface area contributed by atoms with Gasteiger partial charge in [-0.15, -0.1) is 0 Å². The van der Waals surface area contributed by atoms with Crippen molar-refractivity contribution in [1.29, 1.82) is 0 Å². The Kier molecular flexibility index (Phi) is 29.1. The van der Waals surface area contributed by atoms with Gasteiger partial charge in [-0.2, -0.15) is 0 Å². The first kappa shape index (κ1) is 92.7. The Hall–Kier alpha value is -11.2. The van der Waals surface area contributed by atoms with Crippen LogP contribution in [0.5, 0.6) is 69.0 Å². The molecular weight excluding hydrogens is 1590 g/mol. The number of hydrogen-bond acceptors (Lipinski definition) is 26. The maximum atomic E-state index is 12.9. The van der Waals surface area contributed by atoms with E-state index in [2.05, 4.69) is 20.3 Å². The van der Waals surface area contributed by atoms with Crippen LogP contribution in [0.2, 0.25) is 0 Å². The Morgan fingerprint density at radius 2 is 0.508 bits per heavy atom. The molecule has 0 unspecified atom stereocenters. The second kappa shape index (κ2) is 37.6. The normalized spacial score (nSPS) is 15.9. The summed E-state index contributed by atoms with van der Waals surface area (Å²) in [5.41, 5.74) is -0.198. The van der Waals surface area contributed by atoms with Crippen LogP contribution in [0.1, 0.15) is 200 Å². The Balaban J connectivity index is 0.000000183. The number of benzene rings is 8. The molecule has 0 aromatic heterocycles. The molecule has 8 aromatic rings. The number of rotatable bonds is 16. The average Bonchev–Trinajstić information content (AvgIpc) is 0.760. The quantitative estimate of drug-likeness (QED) is 0.0396. The monoisotopic (exact) mass is 1700 g/mol. The number of carbonyl (C=O) groups excluding carboxylic acids is 10. The second-order valence-electron chi connectivity index (χ2n) is 33.9. The fourth-order valence-corrected chi connectivity index (χ4v) is 13.5. The SMILES string of the molecule is CC(=O)Oc1c(OC(=O)[C@H](C)NC(=O)OC(C)(C)C)c2c(c3ccccc13)OC(C)(C)CC2.CC(=O)Oc1c(OC(=O)[C@H](C)NCl)c2c(c3ccccc13)OC(C)(C)CC2.CC(=O)Oc1c2c(c3ccccc3c1OC(=O)[C@H](C)NC(=O)OC(C)(C)C)OC(C)(C)CC2.CC(=O)Oc1c2c(c3ccccc3c1OC(=O)[C@H](C)NCl)OC(C)(C)CC2. The van der Waals surface area contributed by atoms with Crippen molar-refractivity contribution in [2.75, 3.05) is 0 Å². The van der Waals surface area contributed by atoms with Gasteiger partial charge in [-0.3, -0.25) is 19.2 Å². The number of ether oxygens (including phenoxy) is 14. The molecule has 30 heteroatoms. The predicted molar refractivity (Wildman–Crippen MR) is 450 cm³/mol. The zero-order valence-electron chi connectivity index (χ0n) is 71.8. The molecule has 4 aliphatic rings. The number of halogens is 2. The van der Waals surface area contributed by atoms with Crippen LogP contribution >= 0.6 is 23.6 Å². The predicted octanol–water partition coefficient (Wildman–Crippen LogP) is 17.2. The van der Waals surface area contributed by atoms with Crippen LogP contribution in [0.4, 0.5) is 9.59 Å². The van der Waals surface area contributed by atoms with Crippen molar-refractivity contribution >= 4 is 127 Å². The van der Waals surface area contributed by atoms with E-state index in [4.69, 9.17) is 89.9 Å². The van der Waals surface area contributed by atoms with Crippen molar-refractivity contribution < 1.29 is 114 Å². The smallest absolute Gasteiger partial charge is 0.408 e. The molecule has 4 N–H and O–H groups in total. The molecule has 4 heterocycles. The van der Waals surface area contributed by atoms with Gasteiger partial charge in [0.05, 0.1) is 0 Å². The molecule has 28 nitrogen and oxygen atoms in total. The lowest BCUT2D eigenvalue weighted by Gasteiger charge is -2.34. The van der Waals surface area contributed by atoms with Gasteiger partial charge in [0.1, 0.15) is 80.8 Å². The highest BCUT2D eigenvalue weighted by Crippen LogP contribution is 2.55. The van der Waals surface area contributed by atoms with Crippen LogP contribution in [-0.4, -0.2) is 118 Å². The fourth-order valence-electron chi connectivity index (χ4n) is 13.3. The van der Waals surface area contributed by atoms with Crippen molar-refractivity contribution in [3.63, 3.8) is 0 Å². The van der Waals surface area contributed by atoms with E-state index in [1.54, 1.807) is 91.8 Å². The molecular formula is C90H106Cl2N4O24. The minimum atomic E-state index is -1.01. The van der Waals surface area contributed by atoms with Gasteiger partial charge in [-0.1, -0.05) is 97.1 Å². The molecule has 0 saturated carbocycles. The molecule has 120 heavy (non-hydrogen) atoms. The van der Waals surface area contributed by atoms with Crippen molar-refractivity contribution in [2.45, 2.75) is 261 Å². The third-order valence-electron chi connectivity index (χ3n) is 19.1. The zero-order chi connectivity index (χ0) is 88.6. The van der Waals surface area contributed by atoms with Crippen molar-refractivity contribution in [3.8, 4) is 69.0 Å². The number of amides is 2. The first-order valence-corrected chi connectivity index (χ1v) is 40.1. The summed E-state index contributed by atoms with van der Waals surface area (Å²) in [6.45, 7) is 37.7. The summed E-state index contributed by atoms with van der Waals surface area (Å²) < 4.78 is 80.1. The van der Waals surface area contributed by atoms with Crippen LogP contribution in [0.25, 0.3) is 43.1 Å². The van der Waals surface area contributed by atoms with Crippen molar-refractivity contribution in [2.24, 2.45) is 0 Å². The third-order valence-corrected chi connectivity index (χ3v) is 19.8. The van der Waals surface area contributed by atoms with Crippen LogP contribution in [0.15, 0.2) is 97.1 Å². The average molecular weight is 1700 g/mol. The maximum Gasteiger partial charge on any atom is 0.408 e. The minimum Gasteiger partial charge on any atom is -0.487 e. The summed E-state index contributed by atoms with van der Waals surface area (Å²) in [5, 5.41) is 10.5. The Morgan fingerprint density at radius 1 is 0.317 bits per heavy atom. The molecule has 0 bridgehead atoms. The summed E-state index contributed by atoms with van der Waals surface area (Å²) in [6.07, 6.45) is 3.73. The molecule has 2 amide bonds. The summed E-state index contributed by atoms with van der Waals surface area (Å²) in [4.78, 5) is 127. The van der Waals surface area contributed by atoms with E-state index in [9.17, 15) is 47.9 Å². The highest BCUT2D eigenvalue weighted by atomic mass is 35.5. The van der Waals surface area contributed by atoms with Gasteiger partial charge in [0.25, 0.3) is 0 Å². The fraction of sp³-hybridized carbons (Fsp3) is 0.444. The van der Waals surface area contributed by atoms with Crippen LogP contribution < -0.4 is 77.1 Å². The van der Waals surface area contributed by atoms with Crippen LogP contribution in [0, 0.1) is 0 Å². The van der Waals surface area contributed by atoms with Gasteiger partial charge in [-0.25, -0.2) is 38.4 Å². The Bertz CT molecular complexity index is 5310. The highest BCUT2D eigenvalue weighted by molar-refractivity contribution is 6.15. The largest absolute Gasteiger partial charge is 0.487 e. The third kappa shape index (κ3) is 23.2. The number of fused-ring (bicyclic) bond motifs is 12. The highest BCUT2D eigenvalue weighted by Gasteiger charge is 2.41. The molecule has 0 radical (unpaired) electrons. The van der Waals surface area contributed by atoms with E-state index in [-0.39, 0.29) is 57.2 Å². The van der Waals surface area contributed by atoms with E-state index in [0.29, 0.717) is 99.8 Å². The number of nitrogens with one attached hydrogen (secondary N) is 4. The second-order valence-corrected chi connectivity index (χ2v) is 34.4. The van der Waals surface area contributed by atoms with Gasteiger partial charge >= 0.3 is 59.9 Å². The van der Waals surface area contributed by atoms with E-state index in [0.717, 1.165) is 39.9 Å². The Morgan fingerprint density at radius 3 is 0.725 bits per heavy atom. The van der Waals surface area contributed by atoms with Crippen molar-refractivity contribution in [1.82, 2.24) is 20.3 Å². The lowest BCUT2D eigenvalue weighted by atomic mass is 9.91. The summed E-state index contributed by atoms with van der Waals surface area (Å²) in [6, 6.07) is 25.9. The Labute approximate surface area is 707 Å². The van der Waals surface area contributed by atoms with Crippen LogP contribution in [-0.2, 0) is 73.5 Å². The molecule has 644 valence electrons. The molecule has 4 aliphatic heterocycles. The van der Waals surface area contributed by atoms with Gasteiger partial charge in [0.2, 0.25) is 0 Å². The van der Waals surface area contributed by atoms with E-state index in [1.165, 1.54) is 41.5 Å².